The fraction of sp³-hybridized carbons (Fsp3) is 0.333. The molecule has 0 spiro atoms. The second-order valence-corrected chi connectivity index (χ2v) is 2.44. The number of aromatic amines is 1. The number of hydrogen-bond donors (Lipinski definition) is 3. The Bertz CT molecular complexity index is 363. The van der Waals surface area contributed by atoms with Crippen molar-refractivity contribution < 1.29 is 9.90 Å². The van der Waals surface area contributed by atoms with Gasteiger partial charge < -0.3 is 10.8 Å². The first kappa shape index (κ1) is 8.38. The van der Waals surface area contributed by atoms with Gasteiger partial charge in [-0.3, -0.25) is 14.7 Å². The number of carbonyl (C=O) groups is 1. The summed E-state index contributed by atoms with van der Waals surface area (Å²) < 4.78 is 0.951. The Kier molecular flexibility index (Phi) is 1.90. The lowest BCUT2D eigenvalue weighted by Crippen LogP contribution is -2.22. The minimum Gasteiger partial charge on any atom is -0.480 e. The second kappa shape index (κ2) is 2.72. The number of nitrogens with zero attached hydrogens (tertiary/aromatic N) is 1. The molecule has 0 saturated carbocycles. The molecule has 12 heavy (non-hydrogen) atoms. The molecule has 0 radical (unpaired) electrons. The number of carboxylic acid groups (broad SMARTS) is 1. The van der Waals surface area contributed by atoms with E-state index in [1.165, 1.54) is 0 Å². The molecular formula is C6H9N3O3. The number of aliphatic carboxylic acids is 1. The predicted octanol–water partition coefficient (Wildman–Crippen LogP) is -0.848. The lowest BCUT2D eigenvalue weighted by molar-refractivity contribution is -0.137. The highest BCUT2D eigenvalue weighted by molar-refractivity contribution is 5.66. The third-order valence-electron chi connectivity index (χ3n) is 1.48. The molecular weight excluding hydrogens is 162 g/mol. The summed E-state index contributed by atoms with van der Waals surface area (Å²) in [5.41, 5.74) is 5.38. The molecule has 0 saturated heterocycles. The van der Waals surface area contributed by atoms with Crippen molar-refractivity contribution in [2.75, 3.05) is 5.73 Å². The number of aromatic nitrogens is 2. The molecule has 0 fully saturated rings. The van der Waals surface area contributed by atoms with Crippen molar-refractivity contribution in [2.24, 2.45) is 0 Å². The smallest absolute Gasteiger partial charge is 0.325 e. The molecule has 0 atom stereocenters. The van der Waals surface area contributed by atoms with Crippen molar-refractivity contribution in [1.29, 1.82) is 0 Å². The quantitative estimate of drug-likeness (QED) is 0.539. The maximum absolute atomic E-state index is 11.1. The van der Waals surface area contributed by atoms with Crippen molar-refractivity contribution in [1.82, 2.24) is 9.78 Å². The van der Waals surface area contributed by atoms with Gasteiger partial charge in [0.15, 0.2) is 0 Å². The molecule has 0 unspecified atom stereocenters. The fourth-order valence-electron chi connectivity index (χ4n) is 0.866. The van der Waals surface area contributed by atoms with Gasteiger partial charge in [0.2, 0.25) is 0 Å². The van der Waals surface area contributed by atoms with E-state index in [1.54, 1.807) is 6.92 Å². The average Bonchev–Trinajstić information content (AvgIpc) is 2.17. The van der Waals surface area contributed by atoms with Gasteiger partial charge >= 0.3 is 5.97 Å². The van der Waals surface area contributed by atoms with E-state index in [2.05, 4.69) is 5.10 Å². The third-order valence-corrected chi connectivity index (χ3v) is 1.48. The van der Waals surface area contributed by atoms with Crippen molar-refractivity contribution in [3.05, 3.63) is 16.0 Å². The summed E-state index contributed by atoms with van der Waals surface area (Å²) in [6, 6.07) is 0. The topological polar surface area (TPSA) is 101 Å². The number of nitrogen functional groups attached to an aromatic ring is 1. The Hall–Kier alpha value is -1.72. The Labute approximate surface area is 67.6 Å². The van der Waals surface area contributed by atoms with Gasteiger partial charge in [-0.05, 0) is 6.92 Å². The molecule has 66 valence electrons. The van der Waals surface area contributed by atoms with E-state index < -0.39 is 18.1 Å². The standard InChI is InChI=1S/C6H9N3O3/c1-3-5(7)6(12)9(8-3)2-4(10)11/h8H,2,7H2,1H3,(H,10,11). The van der Waals surface area contributed by atoms with E-state index in [0.29, 0.717) is 5.69 Å². The summed E-state index contributed by atoms with van der Waals surface area (Å²) in [6.07, 6.45) is 0. The molecule has 4 N–H and O–H groups in total. The van der Waals surface area contributed by atoms with Gasteiger partial charge in [0.25, 0.3) is 5.56 Å². The van der Waals surface area contributed by atoms with Crippen LogP contribution in [0.3, 0.4) is 0 Å². The molecule has 1 rings (SSSR count). The van der Waals surface area contributed by atoms with Crippen LogP contribution in [-0.4, -0.2) is 20.9 Å². The summed E-state index contributed by atoms with van der Waals surface area (Å²) in [6.45, 7) is 1.21. The zero-order chi connectivity index (χ0) is 9.30. The molecule has 0 aromatic carbocycles. The van der Waals surface area contributed by atoms with E-state index in [9.17, 15) is 9.59 Å². The monoisotopic (exact) mass is 171 g/mol. The zero-order valence-corrected chi connectivity index (χ0v) is 6.50. The van der Waals surface area contributed by atoms with E-state index in [4.69, 9.17) is 10.8 Å². The van der Waals surface area contributed by atoms with E-state index in [1.807, 2.05) is 0 Å². The molecule has 0 aliphatic rings. The van der Waals surface area contributed by atoms with Gasteiger partial charge in [-0.2, -0.15) is 0 Å². The lowest BCUT2D eigenvalue weighted by Gasteiger charge is -1.93. The first-order valence-electron chi connectivity index (χ1n) is 3.29. The highest BCUT2D eigenvalue weighted by Crippen LogP contribution is 1.98. The van der Waals surface area contributed by atoms with Crippen molar-refractivity contribution in [3.8, 4) is 0 Å². The van der Waals surface area contributed by atoms with Crippen LogP contribution in [-0.2, 0) is 11.3 Å². The van der Waals surface area contributed by atoms with Gasteiger partial charge in [-0.1, -0.05) is 0 Å². The number of rotatable bonds is 2. The normalized spacial score (nSPS) is 10.1. The number of hydrogen-bond acceptors (Lipinski definition) is 3. The number of aryl methyl sites for hydroxylation is 1. The number of carboxylic acids is 1. The second-order valence-electron chi connectivity index (χ2n) is 2.44. The van der Waals surface area contributed by atoms with Gasteiger partial charge in [-0.15, -0.1) is 0 Å². The molecule has 6 nitrogen and oxygen atoms in total. The van der Waals surface area contributed by atoms with Crippen molar-refractivity contribution in [2.45, 2.75) is 13.5 Å². The van der Waals surface area contributed by atoms with E-state index in [-0.39, 0.29) is 5.69 Å². The van der Waals surface area contributed by atoms with Crippen LogP contribution in [0.2, 0.25) is 0 Å². The summed E-state index contributed by atoms with van der Waals surface area (Å²) in [5, 5.41) is 10.9. The summed E-state index contributed by atoms with van der Waals surface area (Å²) in [5.74, 6) is -1.08. The number of H-pyrrole nitrogens is 1. The van der Waals surface area contributed by atoms with Crippen molar-refractivity contribution >= 4 is 11.7 Å². The van der Waals surface area contributed by atoms with E-state index >= 15 is 0 Å². The predicted molar refractivity (Wildman–Crippen MR) is 41.8 cm³/mol. The lowest BCUT2D eigenvalue weighted by atomic mass is 10.4. The van der Waals surface area contributed by atoms with E-state index in [0.717, 1.165) is 4.68 Å². The first-order valence-corrected chi connectivity index (χ1v) is 3.29. The van der Waals surface area contributed by atoms with Crippen LogP contribution in [0.15, 0.2) is 4.79 Å². The highest BCUT2D eigenvalue weighted by atomic mass is 16.4. The van der Waals surface area contributed by atoms with Crippen LogP contribution < -0.4 is 11.3 Å². The average molecular weight is 171 g/mol. The van der Waals surface area contributed by atoms with Crippen molar-refractivity contribution in [3.63, 3.8) is 0 Å². The Morgan fingerprint density at radius 1 is 1.75 bits per heavy atom. The minimum atomic E-state index is -1.08. The van der Waals surface area contributed by atoms with Crippen LogP contribution in [0.1, 0.15) is 5.69 Å². The molecule has 1 heterocycles. The summed E-state index contributed by atoms with van der Waals surface area (Å²) in [4.78, 5) is 21.3. The fourth-order valence-corrected chi connectivity index (χ4v) is 0.866. The molecule has 0 bridgehead atoms. The number of nitrogens with one attached hydrogen (secondary N) is 1. The number of anilines is 1. The van der Waals surface area contributed by atoms with Crippen LogP contribution in [0.25, 0.3) is 0 Å². The number of nitrogens with two attached hydrogens (primary N) is 1. The molecule has 0 aliphatic carbocycles. The van der Waals surface area contributed by atoms with Crippen LogP contribution in [0.5, 0.6) is 0 Å². The van der Waals surface area contributed by atoms with Crippen LogP contribution >= 0.6 is 0 Å². The summed E-state index contributed by atoms with van der Waals surface area (Å²) >= 11 is 0. The largest absolute Gasteiger partial charge is 0.480 e. The van der Waals surface area contributed by atoms with Gasteiger partial charge in [0, 0.05) is 0 Å². The van der Waals surface area contributed by atoms with Gasteiger partial charge in [-0.25, -0.2) is 4.68 Å². The first-order chi connectivity index (χ1) is 5.52. The zero-order valence-electron chi connectivity index (χ0n) is 6.50. The summed E-state index contributed by atoms with van der Waals surface area (Å²) in [7, 11) is 0. The maximum atomic E-state index is 11.1. The Morgan fingerprint density at radius 2 is 2.33 bits per heavy atom. The van der Waals surface area contributed by atoms with Gasteiger partial charge in [0.05, 0.1) is 5.69 Å². The third kappa shape index (κ3) is 1.31. The molecule has 0 amide bonds. The molecule has 1 aromatic rings. The SMILES string of the molecule is Cc1[nH]n(CC(=O)O)c(=O)c1N. The van der Waals surface area contributed by atoms with Crippen LogP contribution in [0, 0.1) is 6.92 Å². The highest BCUT2D eigenvalue weighted by Gasteiger charge is 2.08. The Morgan fingerprint density at radius 3 is 2.67 bits per heavy atom. The molecule has 1 aromatic heterocycles. The molecule has 6 heteroatoms. The van der Waals surface area contributed by atoms with Gasteiger partial charge in [0.1, 0.15) is 12.2 Å². The maximum Gasteiger partial charge on any atom is 0.325 e. The van der Waals surface area contributed by atoms with Crippen LogP contribution in [0.4, 0.5) is 5.69 Å². The molecule has 0 aliphatic heterocycles. The minimum absolute atomic E-state index is 0.0660. The Balaban J connectivity index is 3.10.